The van der Waals surface area contributed by atoms with Crippen LogP contribution in [-0.4, -0.2) is 18.9 Å². The largest absolute Gasteiger partial charge is 0.327 e. The fraction of sp³-hybridized carbons (Fsp3) is 0. The van der Waals surface area contributed by atoms with Gasteiger partial charge in [0.25, 0.3) is 0 Å². The second-order valence-corrected chi connectivity index (χ2v) is 6.23. The van der Waals surface area contributed by atoms with Gasteiger partial charge in [0.15, 0.2) is 3.92 Å². The van der Waals surface area contributed by atoms with Gasteiger partial charge in [-0.3, -0.25) is 0 Å². The molecular weight excluding hydrogens is 346 g/mol. The van der Waals surface area contributed by atoms with Gasteiger partial charge in [0.2, 0.25) is 5.13 Å². The molecule has 0 spiro atoms. The van der Waals surface area contributed by atoms with E-state index in [1.165, 1.54) is 11.3 Å². The summed E-state index contributed by atoms with van der Waals surface area (Å²) >= 11 is 11.9. The predicted octanol–water partition coefficient (Wildman–Crippen LogP) is 3.70. The van der Waals surface area contributed by atoms with Gasteiger partial charge in [-0.2, -0.15) is 8.75 Å². The average molecular weight is 349 g/mol. The summed E-state index contributed by atoms with van der Waals surface area (Å²) in [6.07, 6.45) is 0. The van der Waals surface area contributed by atoms with E-state index in [2.05, 4.69) is 40.2 Å². The normalized spacial score (nSPS) is 10.9. The number of anilines is 2. The molecular formula is C8H3BrClN5S2. The molecule has 1 aromatic carbocycles. The van der Waals surface area contributed by atoms with Crippen LogP contribution in [0.25, 0.3) is 11.0 Å². The van der Waals surface area contributed by atoms with Crippen LogP contribution in [0.3, 0.4) is 0 Å². The van der Waals surface area contributed by atoms with Gasteiger partial charge in [0.05, 0.1) is 22.4 Å². The summed E-state index contributed by atoms with van der Waals surface area (Å²) in [5.74, 6) is 0. The maximum absolute atomic E-state index is 6.14. The van der Waals surface area contributed by atoms with E-state index < -0.39 is 0 Å². The number of hydrogen-bond donors (Lipinski definition) is 1. The van der Waals surface area contributed by atoms with E-state index in [9.17, 15) is 0 Å². The highest BCUT2D eigenvalue weighted by atomic mass is 79.9. The Balaban J connectivity index is 2.09. The molecule has 0 aliphatic carbocycles. The number of halogens is 2. The molecule has 0 fully saturated rings. The molecule has 2 heterocycles. The molecule has 17 heavy (non-hydrogen) atoms. The fourth-order valence-corrected chi connectivity index (χ4v) is 3.07. The van der Waals surface area contributed by atoms with Crippen LogP contribution in [0.15, 0.2) is 16.0 Å². The number of rotatable bonds is 2. The second kappa shape index (κ2) is 4.45. The minimum atomic E-state index is 0.580. The van der Waals surface area contributed by atoms with Crippen LogP contribution in [0.4, 0.5) is 10.8 Å². The Labute approximate surface area is 117 Å². The van der Waals surface area contributed by atoms with Crippen molar-refractivity contribution in [3.05, 3.63) is 21.1 Å². The number of fused-ring (bicyclic) bond motifs is 1. The van der Waals surface area contributed by atoms with Gasteiger partial charge < -0.3 is 5.32 Å². The third-order valence-electron chi connectivity index (χ3n) is 2.01. The maximum Gasteiger partial charge on any atom is 0.211 e. The van der Waals surface area contributed by atoms with Crippen molar-refractivity contribution in [1.82, 2.24) is 18.9 Å². The third kappa shape index (κ3) is 2.13. The molecule has 0 radical (unpaired) electrons. The van der Waals surface area contributed by atoms with E-state index >= 15 is 0 Å². The maximum atomic E-state index is 6.14. The number of nitrogens with one attached hydrogen (secondary N) is 1. The predicted molar refractivity (Wildman–Crippen MR) is 73.3 cm³/mol. The van der Waals surface area contributed by atoms with Crippen LogP contribution >= 0.6 is 50.6 Å². The second-order valence-electron chi connectivity index (χ2n) is 3.04. The van der Waals surface area contributed by atoms with Gasteiger partial charge in [-0.15, -0.1) is 10.2 Å². The number of benzene rings is 1. The molecule has 1 N–H and O–H groups in total. The Morgan fingerprint density at radius 3 is 2.88 bits per heavy atom. The molecule has 0 atom stereocenters. The lowest BCUT2D eigenvalue weighted by molar-refractivity contribution is 1.07. The lowest BCUT2D eigenvalue weighted by atomic mass is 10.2. The van der Waals surface area contributed by atoms with Gasteiger partial charge in [-0.05, 0) is 28.1 Å². The summed E-state index contributed by atoms with van der Waals surface area (Å²) in [5, 5.41) is 12.1. The summed E-state index contributed by atoms with van der Waals surface area (Å²) in [4.78, 5) is 0. The summed E-state index contributed by atoms with van der Waals surface area (Å²) < 4.78 is 9.08. The minimum Gasteiger partial charge on any atom is -0.327 e. The zero-order valence-corrected chi connectivity index (χ0v) is 12.0. The van der Waals surface area contributed by atoms with Crippen LogP contribution < -0.4 is 5.32 Å². The SMILES string of the molecule is Clc1ccc2nsnc2c1Nc1nnc(Br)s1. The van der Waals surface area contributed by atoms with Crippen molar-refractivity contribution in [1.29, 1.82) is 0 Å². The highest BCUT2D eigenvalue weighted by Gasteiger charge is 2.12. The van der Waals surface area contributed by atoms with Gasteiger partial charge in [-0.25, -0.2) is 0 Å². The van der Waals surface area contributed by atoms with E-state index in [1.807, 2.05) is 6.07 Å². The van der Waals surface area contributed by atoms with E-state index in [-0.39, 0.29) is 0 Å². The minimum absolute atomic E-state index is 0.580. The van der Waals surface area contributed by atoms with Crippen LogP contribution in [0, 0.1) is 0 Å². The number of nitrogens with zero attached hydrogens (tertiary/aromatic N) is 4. The summed E-state index contributed by atoms with van der Waals surface area (Å²) in [7, 11) is 0. The lowest BCUT2D eigenvalue weighted by Crippen LogP contribution is -1.92. The molecule has 3 rings (SSSR count). The molecule has 0 unspecified atom stereocenters. The Kier molecular flexibility index (Phi) is 2.95. The van der Waals surface area contributed by atoms with Gasteiger partial charge in [-0.1, -0.05) is 22.9 Å². The molecule has 86 valence electrons. The Morgan fingerprint density at radius 1 is 1.24 bits per heavy atom. The van der Waals surface area contributed by atoms with Crippen molar-refractivity contribution in [2.75, 3.05) is 5.32 Å². The standard InChI is InChI=1S/C8H3BrClN5S2/c9-7-12-13-8(16-7)11-5-3(10)1-2-4-6(5)15-17-14-4/h1-2H,(H,11,13). The smallest absolute Gasteiger partial charge is 0.211 e. The molecule has 5 nitrogen and oxygen atoms in total. The highest BCUT2D eigenvalue weighted by molar-refractivity contribution is 9.11. The van der Waals surface area contributed by atoms with Gasteiger partial charge in [0, 0.05) is 0 Å². The molecule has 0 amide bonds. The molecule has 0 aliphatic heterocycles. The summed E-state index contributed by atoms with van der Waals surface area (Å²) in [6, 6.07) is 3.62. The molecule has 0 saturated carbocycles. The van der Waals surface area contributed by atoms with E-state index in [4.69, 9.17) is 11.6 Å². The first-order valence-corrected chi connectivity index (χ1v) is 7.12. The molecule has 0 aliphatic rings. The first-order valence-electron chi connectivity index (χ1n) is 4.41. The van der Waals surface area contributed by atoms with Crippen molar-refractivity contribution in [2.24, 2.45) is 0 Å². The topological polar surface area (TPSA) is 63.6 Å². The number of hydrogen-bond acceptors (Lipinski definition) is 7. The van der Waals surface area contributed by atoms with E-state index in [1.54, 1.807) is 6.07 Å². The van der Waals surface area contributed by atoms with Crippen molar-refractivity contribution < 1.29 is 0 Å². The van der Waals surface area contributed by atoms with Crippen molar-refractivity contribution >= 4 is 72.4 Å². The molecule has 9 heteroatoms. The molecule has 0 bridgehead atoms. The van der Waals surface area contributed by atoms with Crippen molar-refractivity contribution in [2.45, 2.75) is 0 Å². The Morgan fingerprint density at radius 2 is 2.12 bits per heavy atom. The van der Waals surface area contributed by atoms with Gasteiger partial charge in [0.1, 0.15) is 11.0 Å². The Hall–Kier alpha value is -0.830. The molecule has 3 aromatic rings. The van der Waals surface area contributed by atoms with E-state index in [0.29, 0.717) is 19.8 Å². The highest BCUT2D eigenvalue weighted by Crippen LogP contribution is 2.33. The average Bonchev–Trinajstić information content (AvgIpc) is 2.91. The van der Waals surface area contributed by atoms with Crippen molar-refractivity contribution in [3.63, 3.8) is 0 Å². The first kappa shape index (κ1) is 11.3. The lowest BCUT2D eigenvalue weighted by Gasteiger charge is -2.04. The molecule has 2 aromatic heterocycles. The van der Waals surface area contributed by atoms with Crippen LogP contribution in [0.1, 0.15) is 0 Å². The Bertz CT molecular complexity index is 681. The zero-order chi connectivity index (χ0) is 11.8. The van der Waals surface area contributed by atoms with E-state index in [0.717, 1.165) is 22.8 Å². The summed E-state index contributed by atoms with van der Waals surface area (Å²) in [5.41, 5.74) is 2.26. The van der Waals surface area contributed by atoms with Crippen molar-refractivity contribution in [3.8, 4) is 0 Å². The first-order chi connectivity index (χ1) is 8.24. The quantitative estimate of drug-likeness (QED) is 0.765. The fourth-order valence-electron chi connectivity index (χ4n) is 1.31. The molecule has 0 saturated heterocycles. The third-order valence-corrected chi connectivity index (χ3v) is 4.14. The van der Waals surface area contributed by atoms with Crippen LogP contribution in [0.5, 0.6) is 0 Å². The zero-order valence-electron chi connectivity index (χ0n) is 8.02. The van der Waals surface area contributed by atoms with Crippen LogP contribution in [-0.2, 0) is 0 Å². The van der Waals surface area contributed by atoms with Crippen LogP contribution in [0.2, 0.25) is 5.02 Å². The van der Waals surface area contributed by atoms with Gasteiger partial charge >= 0.3 is 0 Å². The monoisotopic (exact) mass is 347 g/mol. The number of aromatic nitrogens is 4. The summed E-state index contributed by atoms with van der Waals surface area (Å²) in [6.45, 7) is 0.